The summed E-state index contributed by atoms with van der Waals surface area (Å²) in [5, 5.41) is 0. The minimum atomic E-state index is -1.09. The van der Waals surface area contributed by atoms with E-state index in [2.05, 4.69) is 6.58 Å². The van der Waals surface area contributed by atoms with Crippen molar-refractivity contribution >= 4 is 17.8 Å². The van der Waals surface area contributed by atoms with Crippen LogP contribution in [0.25, 0.3) is 0 Å². The number of allylic oxidation sites excluding steroid dienone is 1. The van der Waals surface area contributed by atoms with Gasteiger partial charge in [0.15, 0.2) is 0 Å². The van der Waals surface area contributed by atoms with Crippen molar-refractivity contribution in [3.8, 4) is 0 Å². The Bertz CT molecular complexity index is 417. The molecule has 1 unspecified atom stereocenters. The number of hydrogen-bond acceptors (Lipinski definition) is 3. The van der Waals surface area contributed by atoms with Crippen LogP contribution < -0.4 is 0 Å². The zero-order chi connectivity index (χ0) is 13.0. The van der Waals surface area contributed by atoms with E-state index < -0.39 is 23.3 Å². The van der Waals surface area contributed by atoms with Crippen molar-refractivity contribution in [1.29, 1.82) is 0 Å². The van der Waals surface area contributed by atoms with Crippen LogP contribution in [0.5, 0.6) is 0 Å². The summed E-state index contributed by atoms with van der Waals surface area (Å²) in [6, 6.07) is -0.559. The van der Waals surface area contributed by atoms with Gasteiger partial charge in [0, 0.05) is 14.1 Å². The summed E-state index contributed by atoms with van der Waals surface area (Å²) in [6.45, 7) is 5.85. The molecule has 2 fully saturated rings. The summed E-state index contributed by atoms with van der Waals surface area (Å²) in [6.07, 6.45) is 0.805. The van der Waals surface area contributed by atoms with Gasteiger partial charge >= 0.3 is 6.03 Å². The lowest BCUT2D eigenvalue weighted by atomic mass is 9.81. The van der Waals surface area contributed by atoms with Crippen LogP contribution >= 0.6 is 0 Å². The fourth-order valence-electron chi connectivity index (χ4n) is 2.76. The zero-order valence-corrected chi connectivity index (χ0v) is 10.3. The second kappa shape index (κ2) is 3.42. The molecule has 2 rings (SSSR count). The van der Waals surface area contributed by atoms with E-state index in [0.29, 0.717) is 12.8 Å². The topological polar surface area (TPSA) is 57.7 Å². The fourth-order valence-corrected chi connectivity index (χ4v) is 2.76. The highest BCUT2D eigenvalue weighted by atomic mass is 16.2. The first-order valence-electron chi connectivity index (χ1n) is 5.59. The molecule has 1 aliphatic heterocycles. The second-order valence-electron chi connectivity index (χ2n) is 5.03. The molecule has 1 aliphatic carbocycles. The Kier molecular flexibility index (Phi) is 2.38. The molecule has 4 amide bonds. The Morgan fingerprint density at radius 3 is 2.00 bits per heavy atom. The molecule has 17 heavy (non-hydrogen) atoms. The summed E-state index contributed by atoms with van der Waals surface area (Å²) < 4.78 is 0. The normalized spacial score (nSPS) is 28.5. The largest absolute Gasteiger partial charge is 0.332 e. The van der Waals surface area contributed by atoms with Gasteiger partial charge in [-0.2, -0.15) is 0 Å². The quantitative estimate of drug-likeness (QED) is 0.466. The summed E-state index contributed by atoms with van der Waals surface area (Å²) in [7, 11) is 2.84. The predicted molar refractivity (Wildman–Crippen MR) is 60.9 cm³/mol. The third-order valence-corrected chi connectivity index (χ3v) is 3.88. The first-order chi connectivity index (χ1) is 7.81. The van der Waals surface area contributed by atoms with Crippen molar-refractivity contribution in [2.75, 3.05) is 14.1 Å². The van der Waals surface area contributed by atoms with E-state index in [1.165, 1.54) is 14.1 Å². The Labute approximate surface area is 100 Å². The van der Waals surface area contributed by atoms with Crippen LogP contribution in [0.4, 0.5) is 4.79 Å². The minimum Gasteiger partial charge on any atom is -0.273 e. The van der Waals surface area contributed by atoms with Crippen LogP contribution in [0, 0.1) is 11.3 Å². The molecule has 1 atom stereocenters. The van der Waals surface area contributed by atoms with Crippen molar-refractivity contribution in [2.24, 2.45) is 11.3 Å². The number of rotatable bonds is 0. The molecule has 0 bridgehead atoms. The highest BCUT2D eigenvalue weighted by molar-refractivity contribution is 6.19. The van der Waals surface area contributed by atoms with Gasteiger partial charge in [-0.15, -0.1) is 0 Å². The molecule has 0 aromatic carbocycles. The van der Waals surface area contributed by atoms with Gasteiger partial charge in [-0.05, 0) is 18.8 Å². The maximum atomic E-state index is 12.2. The van der Waals surface area contributed by atoms with E-state index in [1.54, 1.807) is 0 Å². The van der Waals surface area contributed by atoms with Gasteiger partial charge in [0.05, 0.1) is 0 Å². The molecule has 5 heteroatoms. The van der Waals surface area contributed by atoms with Crippen LogP contribution in [0.2, 0.25) is 0 Å². The van der Waals surface area contributed by atoms with Crippen LogP contribution in [0.15, 0.2) is 12.2 Å². The van der Waals surface area contributed by atoms with Gasteiger partial charge < -0.3 is 0 Å². The second-order valence-corrected chi connectivity index (χ2v) is 5.03. The summed E-state index contributed by atoms with van der Waals surface area (Å²) in [5.74, 6) is -0.648. The van der Waals surface area contributed by atoms with E-state index >= 15 is 0 Å². The zero-order valence-electron chi connectivity index (χ0n) is 10.3. The minimum absolute atomic E-state index is 0.137. The summed E-state index contributed by atoms with van der Waals surface area (Å²) in [5.41, 5.74) is -0.184. The van der Waals surface area contributed by atoms with Crippen molar-refractivity contribution < 1.29 is 14.4 Å². The number of imide groups is 2. The van der Waals surface area contributed by atoms with E-state index in [9.17, 15) is 14.4 Å². The van der Waals surface area contributed by atoms with Crippen molar-refractivity contribution in [3.63, 3.8) is 0 Å². The average Bonchev–Trinajstić information content (AvgIpc) is 2.60. The first-order valence-corrected chi connectivity index (χ1v) is 5.59. The van der Waals surface area contributed by atoms with Crippen molar-refractivity contribution in [2.45, 2.75) is 19.8 Å². The molecule has 1 spiro atoms. The van der Waals surface area contributed by atoms with Crippen LogP contribution in [0.1, 0.15) is 19.8 Å². The maximum Gasteiger partial charge on any atom is 0.332 e. The molecule has 0 aromatic rings. The van der Waals surface area contributed by atoms with Gasteiger partial charge in [0.25, 0.3) is 0 Å². The lowest BCUT2D eigenvalue weighted by Crippen LogP contribution is -2.62. The number of nitrogens with zero attached hydrogens (tertiary/aromatic N) is 2. The highest BCUT2D eigenvalue weighted by Crippen LogP contribution is 2.48. The number of carbonyl (C=O) groups is 3. The SMILES string of the molecule is C=C1CC2(CC1C)C(=O)N(C)C(=O)N(C)C2=O. The van der Waals surface area contributed by atoms with Crippen LogP contribution in [0.3, 0.4) is 0 Å². The molecule has 1 saturated heterocycles. The molecular weight excluding hydrogens is 220 g/mol. The number of urea groups is 1. The molecule has 2 aliphatic rings. The Balaban J connectivity index is 2.47. The van der Waals surface area contributed by atoms with E-state index in [0.717, 1.165) is 15.4 Å². The smallest absolute Gasteiger partial charge is 0.273 e. The van der Waals surface area contributed by atoms with E-state index in [1.807, 2.05) is 6.92 Å². The first kappa shape index (κ1) is 11.8. The third-order valence-electron chi connectivity index (χ3n) is 3.88. The van der Waals surface area contributed by atoms with E-state index in [-0.39, 0.29) is 5.92 Å². The number of hydrogen-bond donors (Lipinski definition) is 0. The highest BCUT2D eigenvalue weighted by Gasteiger charge is 2.58. The lowest BCUT2D eigenvalue weighted by molar-refractivity contribution is -0.156. The molecular formula is C12H16N2O3. The number of barbiturate groups is 1. The summed E-state index contributed by atoms with van der Waals surface area (Å²) >= 11 is 0. The van der Waals surface area contributed by atoms with Crippen LogP contribution in [-0.2, 0) is 9.59 Å². The molecule has 1 heterocycles. The van der Waals surface area contributed by atoms with Gasteiger partial charge in [-0.1, -0.05) is 19.1 Å². The van der Waals surface area contributed by atoms with E-state index in [4.69, 9.17) is 0 Å². The molecule has 0 radical (unpaired) electrons. The van der Waals surface area contributed by atoms with Gasteiger partial charge in [0.2, 0.25) is 11.8 Å². The molecule has 0 aromatic heterocycles. The summed E-state index contributed by atoms with van der Waals surface area (Å²) in [4.78, 5) is 38.2. The van der Waals surface area contributed by atoms with Gasteiger partial charge in [0.1, 0.15) is 5.41 Å². The average molecular weight is 236 g/mol. The monoisotopic (exact) mass is 236 g/mol. The third kappa shape index (κ3) is 1.34. The molecule has 0 N–H and O–H groups in total. The standard InChI is InChI=1S/C12H16N2O3/c1-7-5-12(6-8(7)2)9(15)13(3)11(17)14(4)10(12)16/h8H,1,5-6H2,2-4H3. The lowest BCUT2D eigenvalue weighted by Gasteiger charge is -2.39. The predicted octanol–water partition coefficient (Wildman–Crippen LogP) is 1.01. The Morgan fingerprint density at radius 2 is 1.65 bits per heavy atom. The maximum absolute atomic E-state index is 12.2. The van der Waals surface area contributed by atoms with Gasteiger partial charge in [-0.3, -0.25) is 19.4 Å². The number of amides is 4. The van der Waals surface area contributed by atoms with Crippen molar-refractivity contribution in [1.82, 2.24) is 9.80 Å². The van der Waals surface area contributed by atoms with Crippen LogP contribution in [-0.4, -0.2) is 41.7 Å². The Hall–Kier alpha value is -1.65. The molecule has 1 saturated carbocycles. The molecule has 5 nitrogen and oxygen atoms in total. The van der Waals surface area contributed by atoms with Gasteiger partial charge in [-0.25, -0.2) is 4.79 Å². The Morgan fingerprint density at radius 1 is 1.18 bits per heavy atom. The number of carbonyl (C=O) groups excluding carboxylic acids is 3. The fraction of sp³-hybridized carbons (Fsp3) is 0.583. The van der Waals surface area contributed by atoms with Crippen molar-refractivity contribution in [3.05, 3.63) is 12.2 Å². The molecule has 92 valence electrons.